The first kappa shape index (κ1) is 23.5. The van der Waals surface area contributed by atoms with Crippen LogP contribution in [0.5, 0.6) is 0 Å². The van der Waals surface area contributed by atoms with Crippen molar-refractivity contribution in [3.63, 3.8) is 0 Å². The van der Waals surface area contributed by atoms with Gasteiger partial charge in [0.1, 0.15) is 0 Å². The minimum absolute atomic E-state index is 0.0708. The summed E-state index contributed by atoms with van der Waals surface area (Å²) in [6, 6.07) is 5.26. The number of H-pyrrole nitrogens is 1. The van der Waals surface area contributed by atoms with Crippen molar-refractivity contribution in [2.45, 2.75) is 52.1 Å². The zero-order valence-corrected chi connectivity index (χ0v) is 20.0. The van der Waals surface area contributed by atoms with Gasteiger partial charge in [-0.25, -0.2) is 4.79 Å². The Kier molecular flexibility index (Phi) is 7.21. The molecular formula is C21H21Cl3N6O3. The van der Waals surface area contributed by atoms with Gasteiger partial charge in [-0.05, 0) is 42.1 Å². The molecule has 0 saturated heterocycles. The number of aryl methyl sites for hydroxylation is 2. The maximum absolute atomic E-state index is 13.0. The van der Waals surface area contributed by atoms with Crippen LogP contribution in [0.1, 0.15) is 43.5 Å². The van der Waals surface area contributed by atoms with Crippen LogP contribution < -0.4 is 11.2 Å². The molecule has 0 aliphatic rings. The van der Waals surface area contributed by atoms with Gasteiger partial charge in [0.05, 0.1) is 0 Å². The number of benzene rings is 1. The molecule has 0 bridgehead atoms. The van der Waals surface area contributed by atoms with Gasteiger partial charge in [-0.1, -0.05) is 47.8 Å². The lowest BCUT2D eigenvalue weighted by molar-refractivity contribution is 0.367. The summed E-state index contributed by atoms with van der Waals surface area (Å²) < 4.78 is 7.99. The number of rotatable bonds is 9. The van der Waals surface area contributed by atoms with Crippen LogP contribution in [0, 0.1) is 0 Å². The normalized spacial score (nSPS) is 11.5. The molecule has 1 aromatic carbocycles. The van der Waals surface area contributed by atoms with Gasteiger partial charge in [0.25, 0.3) is 5.56 Å². The molecule has 0 aliphatic heterocycles. The topological polar surface area (TPSA) is 112 Å². The van der Waals surface area contributed by atoms with Crippen molar-refractivity contribution < 1.29 is 4.52 Å². The number of halogens is 3. The van der Waals surface area contributed by atoms with Gasteiger partial charge >= 0.3 is 5.69 Å². The van der Waals surface area contributed by atoms with E-state index < -0.39 is 11.2 Å². The molecule has 0 radical (unpaired) electrons. The van der Waals surface area contributed by atoms with Crippen LogP contribution >= 0.6 is 34.8 Å². The number of hydrogen-bond donors (Lipinski definition) is 1. The molecule has 1 N–H and O–H groups in total. The van der Waals surface area contributed by atoms with Crippen molar-refractivity contribution in [1.29, 1.82) is 0 Å². The largest absolute Gasteiger partial charge is 0.339 e. The molecule has 0 spiro atoms. The number of fused-ring (bicyclic) bond motifs is 1. The molecule has 0 atom stereocenters. The Morgan fingerprint density at radius 3 is 2.48 bits per heavy atom. The van der Waals surface area contributed by atoms with E-state index in [0.29, 0.717) is 47.6 Å². The van der Waals surface area contributed by atoms with E-state index in [9.17, 15) is 9.59 Å². The van der Waals surface area contributed by atoms with Crippen molar-refractivity contribution in [2.24, 2.45) is 0 Å². The summed E-state index contributed by atoms with van der Waals surface area (Å²) in [5.41, 5.74) is 0.344. The lowest BCUT2D eigenvalue weighted by atomic mass is 10.1. The van der Waals surface area contributed by atoms with Crippen LogP contribution in [0.2, 0.25) is 15.3 Å². The Hall–Kier alpha value is -2.62. The highest BCUT2D eigenvalue weighted by atomic mass is 35.5. The lowest BCUT2D eigenvalue weighted by Crippen LogP contribution is -2.40. The summed E-state index contributed by atoms with van der Waals surface area (Å²) in [6.07, 6.45) is 2.85. The molecule has 4 aromatic rings. The number of imidazole rings is 1. The van der Waals surface area contributed by atoms with Crippen molar-refractivity contribution in [3.05, 3.63) is 71.6 Å². The van der Waals surface area contributed by atoms with Crippen molar-refractivity contribution in [1.82, 2.24) is 29.2 Å². The maximum atomic E-state index is 13.0. The molecule has 0 amide bonds. The van der Waals surface area contributed by atoms with Gasteiger partial charge < -0.3 is 9.51 Å². The molecule has 0 fully saturated rings. The summed E-state index contributed by atoms with van der Waals surface area (Å²) in [5.74, 6) is 0.853. The monoisotopic (exact) mass is 510 g/mol. The van der Waals surface area contributed by atoms with Crippen molar-refractivity contribution in [2.75, 3.05) is 0 Å². The fourth-order valence-corrected chi connectivity index (χ4v) is 4.27. The molecule has 4 rings (SSSR count). The van der Waals surface area contributed by atoms with Gasteiger partial charge in [-0.3, -0.25) is 13.9 Å². The van der Waals surface area contributed by atoms with Gasteiger partial charge in [0.15, 0.2) is 17.0 Å². The second-order valence-electron chi connectivity index (χ2n) is 7.56. The number of nitrogens with zero attached hydrogens (tertiary/aromatic N) is 5. The van der Waals surface area contributed by atoms with Gasteiger partial charge in [0.2, 0.25) is 11.2 Å². The highest BCUT2D eigenvalue weighted by molar-refractivity contribution is 6.36. The molecule has 0 aliphatic carbocycles. The second-order valence-corrected chi connectivity index (χ2v) is 8.73. The summed E-state index contributed by atoms with van der Waals surface area (Å²) in [4.78, 5) is 37.1. The Labute approximate surface area is 203 Å². The van der Waals surface area contributed by atoms with Crippen LogP contribution in [0.4, 0.5) is 0 Å². The fraction of sp³-hybridized carbons (Fsp3) is 0.381. The van der Waals surface area contributed by atoms with Crippen LogP contribution in [0.15, 0.2) is 32.3 Å². The summed E-state index contributed by atoms with van der Waals surface area (Å²) in [6.45, 7) is 2.66. The second kappa shape index (κ2) is 10.1. The quantitative estimate of drug-likeness (QED) is 0.336. The predicted octanol–water partition coefficient (Wildman–Crippen LogP) is 4.25. The van der Waals surface area contributed by atoms with Crippen LogP contribution in [-0.2, 0) is 25.9 Å². The zero-order valence-electron chi connectivity index (χ0n) is 17.8. The van der Waals surface area contributed by atoms with E-state index in [4.69, 9.17) is 39.3 Å². The van der Waals surface area contributed by atoms with E-state index in [1.807, 2.05) is 6.92 Å². The molecular weight excluding hydrogens is 491 g/mol. The average Bonchev–Trinajstić information content (AvgIpc) is 3.39. The Morgan fingerprint density at radius 2 is 1.76 bits per heavy atom. The highest BCUT2D eigenvalue weighted by Gasteiger charge is 2.17. The zero-order chi connectivity index (χ0) is 23.5. The molecule has 3 aromatic heterocycles. The molecule has 0 saturated carbocycles. The SMILES string of the molecule is CCCCn1c(=O)n(CCCc2nc(Cc3c(Cl)cccc3Cl)no2)c(=O)c2[nH]c(Cl)nc21. The van der Waals surface area contributed by atoms with Crippen LogP contribution in [0.3, 0.4) is 0 Å². The summed E-state index contributed by atoms with van der Waals surface area (Å²) in [7, 11) is 0. The lowest BCUT2D eigenvalue weighted by Gasteiger charge is -2.10. The number of hydrogen-bond acceptors (Lipinski definition) is 6. The Morgan fingerprint density at radius 1 is 1.03 bits per heavy atom. The number of nitrogens with one attached hydrogen (secondary N) is 1. The number of unbranched alkanes of at least 4 members (excludes halogenated alkanes) is 1. The summed E-state index contributed by atoms with van der Waals surface area (Å²) >= 11 is 18.4. The van der Waals surface area contributed by atoms with Gasteiger partial charge in [-0.2, -0.15) is 9.97 Å². The first-order valence-corrected chi connectivity index (χ1v) is 11.7. The Balaban J connectivity index is 1.50. The van der Waals surface area contributed by atoms with Crippen LogP contribution in [-0.4, -0.2) is 29.2 Å². The van der Waals surface area contributed by atoms with Crippen LogP contribution in [0.25, 0.3) is 11.2 Å². The van der Waals surface area contributed by atoms with E-state index in [0.717, 1.165) is 18.4 Å². The van der Waals surface area contributed by atoms with E-state index in [1.165, 1.54) is 9.13 Å². The molecule has 174 valence electrons. The molecule has 9 nitrogen and oxygen atoms in total. The first-order chi connectivity index (χ1) is 15.9. The van der Waals surface area contributed by atoms with Crippen molar-refractivity contribution >= 4 is 46.0 Å². The fourth-order valence-electron chi connectivity index (χ4n) is 3.56. The van der Waals surface area contributed by atoms with E-state index in [2.05, 4.69) is 20.1 Å². The third-order valence-corrected chi connectivity index (χ3v) is 6.13. The molecule has 3 heterocycles. The van der Waals surface area contributed by atoms with Crippen molar-refractivity contribution in [3.8, 4) is 0 Å². The van der Waals surface area contributed by atoms with E-state index in [1.54, 1.807) is 18.2 Å². The predicted molar refractivity (Wildman–Crippen MR) is 126 cm³/mol. The highest BCUT2D eigenvalue weighted by Crippen LogP contribution is 2.26. The van der Waals surface area contributed by atoms with Gasteiger partial charge in [0, 0.05) is 36.0 Å². The third kappa shape index (κ3) is 5.00. The van der Waals surface area contributed by atoms with Gasteiger partial charge in [-0.15, -0.1) is 0 Å². The first-order valence-electron chi connectivity index (χ1n) is 10.5. The molecule has 33 heavy (non-hydrogen) atoms. The molecule has 12 heteroatoms. The average molecular weight is 512 g/mol. The van der Waals surface area contributed by atoms with E-state index in [-0.39, 0.29) is 23.0 Å². The Bertz CT molecular complexity index is 1380. The summed E-state index contributed by atoms with van der Waals surface area (Å²) in [5, 5.41) is 5.11. The number of aromatic amines is 1. The minimum Gasteiger partial charge on any atom is -0.339 e. The maximum Gasteiger partial charge on any atom is 0.332 e. The van der Waals surface area contributed by atoms with E-state index >= 15 is 0 Å². The third-order valence-electron chi connectivity index (χ3n) is 5.25. The smallest absolute Gasteiger partial charge is 0.332 e. The number of aromatic nitrogens is 6. The standard InChI is InChI=1S/C21H21Cl3N6O3/c1-2-3-9-29-18-17(26-20(24)27-18)19(31)30(21(29)32)10-5-8-16-25-15(28-33-16)11-12-13(22)6-4-7-14(12)23/h4,6-7H,2-3,5,8-11H2,1H3,(H,26,27). The molecule has 0 unspecified atom stereocenters. The minimum atomic E-state index is -0.457.